The van der Waals surface area contributed by atoms with Gasteiger partial charge in [0.05, 0.1) is 0 Å². The molecule has 0 fully saturated rings. The fraction of sp³-hybridized carbons (Fsp3) is 0.235. The average Bonchev–Trinajstić information content (AvgIpc) is 2.53. The minimum absolute atomic E-state index is 0.187. The third kappa shape index (κ3) is 4.62. The third-order valence-electron chi connectivity index (χ3n) is 3.56. The standard InChI is InChI=1S/C17H18AsClO4S/c1-11(2)16(17(20)21)18-24(22,23)15-9-5-13(6-10-15)12-3-7-14(19)8-4-12/h3-11,16,18H,1-2H3,(H,20,21)/t16-/m0/s1. The number of carboxylic acids is 1. The summed E-state index contributed by atoms with van der Waals surface area (Å²) in [5.41, 5.74) is 1.81. The molecular weight excluding hydrogens is 411 g/mol. The van der Waals surface area contributed by atoms with Crippen LogP contribution in [0.3, 0.4) is 0 Å². The molecule has 0 aliphatic heterocycles. The van der Waals surface area contributed by atoms with Gasteiger partial charge >= 0.3 is 153 Å². The van der Waals surface area contributed by atoms with Crippen LogP contribution in [0.2, 0.25) is 9.73 Å². The molecule has 2 aromatic rings. The van der Waals surface area contributed by atoms with E-state index in [0.717, 1.165) is 11.1 Å². The van der Waals surface area contributed by atoms with Gasteiger partial charge in [0.1, 0.15) is 0 Å². The second-order valence-corrected chi connectivity index (χ2v) is 14.0. The number of aliphatic carboxylic acids is 1. The van der Waals surface area contributed by atoms with E-state index in [9.17, 15) is 18.3 Å². The van der Waals surface area contributed by atoms with Gasteiger partial charge in [-0.2, -0.15) is 0 Å². The van der Waals surface area contributed by atoms with Crippen molar-refractivity contribution >= 4 is 40.3 Å². The number of carbonyl (C=O) groups is 1. The van der Waals surface area contributed by atoms with Gasteiger partial charge in [-0.05, 0) is 0 Å². The van der Waals surface area contributed by atoms with E-state index in [4.69, 9.17) is 11.6 Å². The Balaban J connectivity index is 2.26. The second-order valence-electron chi connectivity index (χ2n) is 5.71. The van der Waals surface area contributed by atoms with E-state index in [2.05, 4.69) is 0 Å². The molecule has 0 aliphatic rings. The summed E-state index contributed by atoms with van der Waals surface area (Å²) >= 11 is 4.14. The third-order valence-corrected chi connectivity index (χ3v) is 12.2. The minimum atomic E-state index is -3.53. The van der Waals surface area contributed by atoms with Crippen molar-refractivity contribution < 1.29 is 18.3 Å². The fourth-order valence-corrected chi connectivity index (χ4v) is 9.80. The van der Waals surface area contributed by atoms with Crippen molar-refractivity contribution in [2.24, 2.45) is 5.92 Å². The normalized spacial score (nSPS) is 13.5. The summed E-state index contributed by atoms with van der Waals surface area (Å²) in [5.74, 6) is -1.24. The van der Waals surface area contributed by atoms with Crippen LogP contribution in [0.5, 0.6) is 0 Å². The average molecular weight is 429 g/mol. The Kier molecular flexibility index (Phi) is 6.13. The quantitative estimate of drug-likeness (QED) is 0.713. The molecule has 0 aromatic heterocycles. The molecule has 1 unspecified atom stereocenters. The van der Waals surface area contributed by atoms with Crippen LogP contribution in [-0.2, 0) is 12.9 Å². The zero-order chi connectivity index (χ0) is 17.9. The first-order chi connectivity index (χ1) is 11.2. The first-order valence-electron chi connectivity index (χ1n) is 7.32. The Bertz CT molecular complexity index is 815. The molecule has 1 N–H and O–H groups in total. The van der Waals surface area contributed by atoms with Gasteiger partial charge in [0.2, 0.25) is 0 Å². The van der Waals surface area contributed by atoms with Gasteiger partial charge in [-0.1, -0.05) is 0 Å². The summed E-state index contributed by atoms with van der Waals surface area (Å²) in [4.78, 5) is 11.5. The van der Waals surface area contributed by atoms with Crippen molar-refractivity contribution in [1.82, 2.24) is 0 Å². The molecule has 0 radical (unpaired) electrons. The predicted molar refractivity (Wildman–Crippen MR) is 97.4 cm³/mol. The Morgan fingerprint density at radius 3 is 1.88 bits per heavy atom. The Morgan fingerprint density at radius 1 is 1.00 bits per heavy atom. The number of carboxylic acid groups (broad SMARTS) is 1. The van der Waals surface area contributed by atoms with Gasteiger partial charge in [-0.3, -0.25) is 0 Å². The zero-order valence-electron chi connectivity index (χ0n) is 13.2. The summed E-state index contributed by atoms with van der Waals surface area (Å²) in [7, 11) is -3.53. The van der Waals surface area contributed by atoms with Crippen LogP contribution in [0.4, 0.5) is 0 Å². The van der Waals surface area contributed by atoms with Crippen molar-refractivity contribution in [3.05, 3.63) is 53.6 Å². The van der Waals surface area contributed by atoms with E-state index in [1.54, 1.807) is 50.2 Å². The molecule has 0 bridgehead atoms. The van der Waals surface area contributed by atoms with Crippen LogP contribution < -0.4 is 0 Å². The summed E-state index contributed by atoms with van der Waals surface area (Å²) in [5, 5.41) is 9.86. The fourth-order valence-electron chi connectivity index (χ4n) is 2.18. The number of benzene rings is 2. The summed E-state index contributed by atoms with van der Waals surface area (Å²) in [6.07, 6.45) is 0. The van der Waals surface area contributed by atoms with Crippen LogP contribution in [0.1, 0.15) is 13.8 Å². The molecular formula is C17H18AsClO4S. The molecule has 128 valence electrons. The summed E-state index contributed by atoms with van der Waals surface area (Å²) in [6, 6.07) is 13.8. The molecule has 24 heavy (non-hydrogen) atoms. The Morgan fingerprint density at radius 2 is 1.46 bits per heavy atom. The van der Waals surface area contributed by atoms with Gasteiger partial charge in [-0.15, -0.1) is 0 Å². The Hall–Kier alpha value is -1.29. The predicted octanol–water partition coefficient (Wildman–Crippen LogP) is 3.66. The van der Waals surface area contributed by atoms with E-state index in [1.807, 2.05) is 12.1 Å². The topological polar surface area (TPSA) is 71.4 Å². The van der Waals surface area contributed by atoms with Gasteiger partial charge in [-0.25, -0.2) is 0 Å². The van der Waals surface area contributed by atoms with E-state index in [1.165, 1.54) is 0 Å². The molecule has 0 amide bonds. The van der Waals surface area contributed by atoms with Crippen molar-refractivity contribution in [1.29, 1.82) is 0 Å². The molecule has 7 heteroatoms. The number of rotatable bonds is 6. The molecule has 0 spiro atoms. The summed E-state index contributed by atoms with van der Waals surface area (Å²) in [6.45, 7) is 3.48. The molecule has 2 aromatic carbocycles. The molecule has 0 aliphatic carbocycles. The summed E-state index contributed by atoms with van der Waals surface area (Å²) < 4.78 is 24.2. The van der Waals surface area contributed by atoms with Gasteiger partial charge < -0.3 is 0 Å². The van der Waals surface area contributed by atoms with Crippen molar-refractivity contribution in [2.45, 2.75) is 23.4 Å². The molecule has 4 nitrogen and oxygen atoms in total. The molecule has 0 heterocycles. The van der Waals surface area contributed by atoms with Crippen LogP contribution in [0.15, 0.2) is 53.4 Å². The first-order valence-corrected chi connectivity index (χ1v) is 13.0. The number of halogens is 1. The van der Waals surface area contributed by atoms with Crippen LogP contribution >= 0.6 is 11.6 Å². The number of hydrogen-bond acceptors (Lipinski definition) is 3. The second kappa shape index (κ2) is 7.73. The van der Waals surface area contributed by atoms with Crippen LogP contribution in [0.25, 0.3) is 11.1 Å². The molecule has 2 atom stereocenters. The monoisotopic (exact) mass is 428 g/mol. The van der Waals surface area contributed by atoms with Crippen LogP contribution in [0, 0.1) is 5.92 Å². The SMILES string of the molecule is CC(C)[C@H]([AsH]S(=O)(=O)c1ccc(-c2ccc(Cl)cc2)cc1)C(=O)O. The van der Waals surface area contributed by atoms with Gasteiger partial charge in [0, 0.05) is 0 Å². The first kappa shape index (κ1) is 19.0. The van der Waals surface area contributed by atoms with E-state index in [0.29, 0.717) is 5.02 Å². The van der Waals surface area contributed by atoms with Crippen molar-refractivity contribution in [3.8, 4) is 11.1 Å². The number of hydrogen-bond donors (Lipinski definition) is 1. The van der Waals surface area contributed by atoms with Gasteiger partial charge in [0.25, 0.3) is 0 Å². The van der Waals surface area contributed by atoms with Crippen molar-refractivity contribution in [2.75, 3.05) is 0 Å². The van der Waals surface area contributed by atoms with E-state index in [-0.39, 0.29) is 10.8 Å². The maximum absolute atomic E-state index is 12.5. The van der Waals surface area contributed by atoms with Crippen molar-refractivity contribution in [3.63, 3.8) is 0 Å². The van der Waals surface area contributed by atoms with E-state index >= 15 is 0 Å². The maximum atomic E-state index is 12.5. The molecule has 0 saturated carbocycles. The van der Waals surface area contributed by atoms with Gasteiger partial charge in [0.15, 0.2) is 0 Å². The van der Waals surface area contributed by atoms with E-state index < -0.39 is 33.4 Å². The Labute approximate surface area is 152 Å². The zero-order valence-corrected chi connectivity index (χ0v) is 16.9. The molecule has 0 saturated heterocycles. The van der Waals surface area contributed by atoms with Crippen LogP contribution in [-0.4, -0.2) is 34.1 Å². The molecule has 2 rings (SSSR count).